The second-order valence-electron chi connectivity index (χ2n) is 10.7. The van der Waals surface area contributed by atoms with Crippen molar-refractivity contribution in [3.05, 3.63) is 24.0 Å². The van der Waals surface area contributed by atoms with Gasteiger partial charge in [0.25, 0.3) is 0 Å². The summed E-state index contributed by atoms with van der Waals surface area (Å²) in [7, 11) is 0. The lowest BCUT2D eigenvalue weighted by molar-refractivity contribution is -0.213. The third-order valence-electron chi connectivity index (χ3n) is 7.51. The van der Waals surface area contributed by atoms with E-state index < -0.39 is 0 Å². The van der Waals surface area contributed by atoms with Gasteiger partial charge in [-0.3, -0.25) is 4.90 Å². The first kappa shape index (κ1) is 20.0. The smallest absolute Gasteiger partial charge is 0.177 e. The summed E-state index contributed by atoms with van der Waals surface area (Å²) in [6.07, 6.45) is 11.1. The first-order valence-corrected chi connectivity index (χ1v) is 12.2. The van der Waals surface area contributed by atoms with Gasteiger partial charge in [0.05, 0.1) is 38.6 Å². The molecular formula is C25H29N5O3. The highest BCUT2D eigenvalue weighted by atomic mass is 16.7. The normalized spacial score (nSPS) is 24.8. The highest BCUT2D eigenvalue weighted by molar-refractivity contribution is 5.63. The third-order valence-corrected chi connectivity index (χ3v) is 7.51. The van der Waals surface area contributed by atoms with Gasteiger partial charge in [-0.25, -0.2) is 9.67 Å². The van der Waals surface area contributed by atoms with E-state index in [1.54, 1.807) is 4.68 Å². The van der Waals surface area contributed by atoms with Gasteiger partial charge >= 0.3 is 0 Å². The molecule has 3 saturated carbocycles. The Morgan fingerprint density at radius 2 is 1.88 bits per heavy atom. The summed E-state index contributed by atoms with van der Waals surface area (Å²) >= 11 is 0. The number of hydrogen-bond donors (Lipinski definition) is 0. The monoisotopic (exact) mass is 447 g/mol. The van der Waals surface area contributed by atoms with Crippen LogP contribution in [0.2, 0.25) is 0 Å². The summed E-state index contributed by atoms with van der Waals surface area (Å²) in [5, 5.41) is 8.63. The van der Waals surface area contributed by atoms with Gasteiger partial charge in [-0.15, -0.1) is 5.10 Å². The van der Waals surface area contributed by atoms with E-state index in [0.29, 0.717) is 28.8 Å². The Labute approximate surface area is 193 Å². The molecule has 0 radical (unpaired) electrons. The molecule has 2 saturated heterocycles. The standard InChI is InChI=1S/C25H29N5O3/c1(9-29-14-24(15-29)5-6-24)2-18-10-21(33-19-3-4-19)23(26-11-18)20-12-30(28-27-20)13-22-31-16-25(7-8-25)17-32-22/h10-12,19,22H,3-9,13-17H2. The highest BCUT2D eigenvalue weighted by Crippen LogP contribution is 2.52. The van der Waals surface area contributed by atoms with E-state index >= 15 is 0 Å². The van der Waals surface area contributed by atoms with Gasteiger partial charge in [-0.1, -0.05) is 17.1 Å². The molecule has 33 heavy (non-hydrogen) atoms. The molecule has 8 heteroatoms. The van der Waals surface area contributed by atoms with Crippen molar-refractivity contribution in [3.63, 3.8) is 0 Å². The predicted octanol–water partition coefficient (Wildman–Crippen LogP) is 2.48. The van der Waals surface area contributed by atoms with E-state index in [4.69, 9.17) is 14.2 Å². The summed E-state index contributed by atoms with van der Waals surface area (Å²) < 4.78 is 19.7. The number of pyridine rings is 1. The zero-order chi connectivity index (χ0) is 21.9. The molecule has 0 atom stereocenters. The van der Waals surface area contributed by atoms with Crippen LogP contribution in [0.4, 0.5) is 0 Å². The summed E-state index contributed by atoms with van der Waals surface area (Å²) in [5.74, 6) is 7.31. The predicted molar refractivity (Wildman–Crippen MR) is 119 cm³/mol. The van der Waals surface area contributed by atoms with Crippen molar-refractivity contribution in [1.82, 2.24) is 24.9 Å². The van der Waals surface area contributed by atoms with Gasteiger partial charge in [0.2, 0.25) is 0 Å². The zero-order valence-corrected chi connectivity index (χ0v) is 18.8. The van der Waals surface area contributed by atoms with Gasteiger partial charge in [0, 0.05) is 30.3 Å². The molecule has 2 aromatic heterocycles. The van der Waals surface area contributed by atoms with Crippen LogP contribution in [0.1, 0.15) is 44.1 Å². The van der Waals surface area contributed by atoms with Crippen LogP contribution < -0.4 is 4.74 Å². The third kappa shape index (κ3) is 4.25. The molecule has 0 amide bonds. The summed E-state index contributed by atoms with van der Waals surface area (Å²) in [6, 6.07) is 1.99. The number of likely N-dealkylation sites (tertiary alicyclic amines) is 1. The molecule has 0 N–H and O–H groups in total. The maximum Gasteiger partial charge on any atom is 0.177 e. The minimum atomic E-state index is -0.278. The zero-order valence-electron chi connectivity index (χ0n) is 18.8. The van der Waals surface area contributed by atoms with Gasteiger partial charge in [0.1, 0.15) is 17.1 Å². The van der Waals surface area contributed by atoms with Crippen LogP contribution >= 0.6 is 0 Å². The first-order chi connectivity index (χ1) is 16.2. The quantitative estimate of drug-likeness (QED) is 0.630. The Balaban J connectivity index is 1.04. The Morgan fingerprint density at radius 3 is 2.61 bits per heavy atom. The molecule has 0 bridgehead atoms. The molecule has 4 heterocycles. The topological polar surface area (TPSA) is 74.5 Å². The molecule has 2 aromatic rings. The molecular weight excluding hydrogens is 418 g/mol. The van der Waals surface area contributed by atoms with Crippen LogP contribution in [-0.4, -0.2) is 70.1 Å². The average Bonchev–Trinajstić information content (AvgIpc) is 3.71. The van der Waals surface area contributed by atoms with E-state index in [-0.39, 0.29) is 12.4 Å². The van der Waals surface area contributed by atoms with Crippen LogP contribution in [0.15, 0.2) is 18.5 Å². The number of ether oxygens (including phenoxy) is 3. The second kappa shape index (κ2) is 7.52. The number of hydrogen-bond acceptors (Lipinski definition) is 7. The van der Waals surface area contributed by atoms with Crippen molar-refractivity contribution < 1.29 is 14.2 Å². The van der Waals surface area contributed by atoms with Crippen molar-refractivity contribution in [1.29, 1.82) is 0 Å². The van der Waals surface area contributed by atoms with E-state index in [1.165, 1.54) is 38.8 Å². The highest BCUT2D eigenvalue weighted by Gasteiger charge is 2.51. The summed E-state index contributed by atoms with van der Waals surface area (Å²) in [6.45, 7) is 5.32. The van der Waals surface area contributed by atoms with E-state index in [0.717, 1.165) is 43.9 Å². The fraction of sp³-hybridized carbons (Fsp3) is 0.640. The van der Waals surface area contributed by atoms with Crippen LogP contribution in [0, 0.1) is 22.7 Å². The lowest BCUT2D eigenvalue weighted by Crippen LogP contribution is -2.48. The first-order valence-electron chi connectivity index (χ1n) is 12.2. The lowest BCUT2D eigenvalue weighted by atomic mass is 9.97. The lowest BCUT2D eigenvalue weighted by Gasteiger charge is -2.38. The second-order valence-corrected chi connectivity index (χ2v) is 10.7. The fourth-order valence-electron chi connectivity index (χ4n) is 4.77. The molecule has 2 aliphatic heterocycles. The summed E-state index contributed by atoms with van der Waals surface area (Å²) in [4.78, 5) is 7.09. The van der Waals surface area contributed by atoms with Crippen molar-refractivity contribution in [3.8, 4) is 29.0 Å². The molecule has 0 unspecified atom stereocenters. The van der Waals surface area contributed by atoms with Crippen LogP contribution in [0.25, 0.3) is 11.4 Å². The van der Waals surface area contributed by atoms with Crippen LogP contribution in [0.5, 0.6) is 5.75 Å². The van der Waals surface area contributed by atoms with Crippen molar-refractivity contribution in [2.75, 3.05) is 32.8 Å². The van der Waals surface area contributed by atoms with Crippen LogP contribution in [-0.2, 0) is 16.0 Å². The van der Waals surface area contributed by atoms with Gasteiger partial charge < -0.3 is 14.2 Å². The molecule has 3 aliphatic carbocycles. The maximum atomic E-state index is 6.17. The van der Waals surface area contributed by atoms with Crippen molar-refractivity contribution >= 4 is 0 Å². The van der Waals surface area contributed by atoms with Gasteiger partial charge in [-0.2, -0.15) is 0 Å². The molecule has 172 valence electrons. The largest absolute Gasteiger partial charge is 0.488 e. The Kier molecular flexibility index (Phi) is 4.55. The van der Waals surface area contributed by atoms with E-state index in [2.05, 4.69) is 32.0 Å². The van der Waals surface area contributed by atoms with Crippen molar-refractivity contribution in [2.45, 2.75) is 57.5 Å². The number of aromatic nitrogens is 4. The summed E-state index contributed by atoms with van der Waals surface area (Å²) in [5.41, 5.74) is 3.24. The molecule has 8 nitrogen and oxygen atoms in total. The Bertz CT molecular complexity index is 1100. The minimum absolute atomic E-state index is 0.262. The molecule has 7 rings (SSSR count). The molecule has 5 fully saturated rings. The molecule has 5 aliphatic rings. The van der Waals surface area contributed by atoms with Gasteiger partial charge in [0.15, 0.2) is 6.29 Å². The average molecular weight is 448 g/mol. The molecule has 0 aromatic carbocycles. The van der Waals surface area contributed by atoms with E-state index in [1.807, 2.05) is 18.5 Å². The SMILES string of the molecule is C(#Cc1cnc(-c2cn(CC3OCC4(CC4)CO3)nn2)c(OC2CC2)c1)CN1CC2(CC2)C1. The minimum Gasteiger partial charge on any atom is -0.488 e. The van der Waals surface area contributed by atoms with Crippen LogP contribution in [0.3, 0.4) is 0 Å². The Hall–Kier alpha value is -2.47. The van der Waals surface area contributed by atoms with Gasteiger partial charge in [-0.05, 0) is 50.0 Å². The fourth-order valence-corrected chi connectivity index (χ4v) is 4.77. The Morgan fingerprint density at radius 1 is 1.09 bits per heavy atom. The van der Waals surface area contributed by atoms with Crippen molar-refractivity contribution in [2.24, 2.45) is 10.8 Å². The number of rotatable bonds is 6. The maximum absolute atomic E-state index is 6.17. The van der Waals surface area contributed by atoms with E-state index in [9.17, 15) is 0 Å². The molecule has 2 spiro atoms. The number of nitrogens with zero attached hydrogens (tertiary/aromatic N) is 5.